The molecule has 8 heteroatoms. The van der Waals surface area contributed by atoms with Crippen molar-refractivity contribution in [3.05, 3.63) is 89.5 Å². The first kappa shape index (κ1) is 23.6. The second-order valence-corrected chi connectivity index (χ2v) is 9.08. The number of amides is 2. The molecule has 2 fully saturated rings. The lowest BCUT2D eigenvalue weighted by Gasteiger charge is -2.29. The Balaban J connectivity index is 1.61. The number of fused-ring (bicyclic) bond motifs is 1. The van der Waals surface area contributed by atoms with E-state index < -0.39 is 17.9 Å². The maximum absolute atomic E-state index is 14.2. The fourth-order valence-electron chi connectivity index (χ4n) is 5.07. The summed E-state index contributed by atoms with van der Waals surface area (Å²) < 4.78 is 11.8. The van der Waals surface area contributed by atoms with Crippen molar-refractivity contribution in [3.8, 4) is 11.5 Å². The summed E-state index contributed by atoms with van der Waals surface area (Å²) in [7, 11) is 0. The van der Waals surface area contributed by atoms with Crippen molar-refractivity contribution in [2.24, 2.45) is 5.73 Å². The van der Waals surface area contributed by atoms with E-state index in [9.17, 15) is 14.4 Å². The standard InChI is InChI=1S/C28H27N3O5/c29-18-11-9-17(10-12-18)15-21(28(34)31-14-13-24-26(31)22(32)16-35-24)25-20(27(30)33)7-4-8-23(25)36-19-5-2-1-3-6-19/h1-12,21,24,26H,13-16,29H2,(H2,30,33). The van der Waals surface area contributed by atoms with Crippen LogP contribution in [-0.2, 0) is 20.7 Å². The van der Waals surface area contributed by atoms with Gasteiger partial charge in [0.2, 0.25) is 11.8 Å². The highest BCUT2D eigenvalue weighted by atomic mass is 16.5. The van der Waals surface area contributed by atoms with Gasteiger partial charge in [0.15, 0.2) is 5.78 Å². The molecular formula is C28H27N3O5. The lowest BCUT2D eigenvalue weighted by molar-refractivity contribution is -0.137. The Morgan fingerprint density at radius 3 is 2.50 bits per heavy atom. The average Bonchev–Trinajstić information content (AvgIpc) is 3.47. The number of ketones is 1. The van der Waals surface area contributed by atoms with Gasteiger partial charge in [-0.05, 0) is 54.8 Å². The third-order valence-corrected chi connectivity index (χ3v) is 6.76. The molecule has 5 rings (SSSR count). The fourth-order valence-corrected chi connectivity index (χ4v) is 5.07. The highest BCUT2D eigenvalue weighted by Crippen LogP contribution is 2.39. The molecule has 36 heavy (non-hydrogen) atoms. The van der Waals surface area contributed by atoms with Crippen molar-refractivity contribution < 1.29 is 23.9 Å². The molecule has 0 saturated carbocycles. The molecule has 2 heterocycles. The molecule has 2 aliphatic rings. The number of rotatable bonds is 7. The second-order valence-electron chi connectivity index (χ2n) is 9.08. The largest absolute Gasteiger partial charge is 0.457 e. The van der Waals surface area contributed by atoms with E-state index in [2.05, 4.69) is 0 Å². The minimum atomic E-state index is -0.830. The zero-order valence-corrected chi connectivity index (χ0v) is 19.6. The highest BCUT2D eigenvalue weighted by Gasteiger charge is 2.48. The number of ether oxygens (including phenoxy) is 2. The van der Waals surface area contributed by atoms with E-state index >= 15 is 0 Å². The van der Waals surface area contributed by atoms with Gasteiger partial charge >= 0.3 is 0 Å². The Morgan fingerprint density at radius 1 is 1.03 bits per heavy atom. The smallest absolute Gasteiger partial charge is 0.249 e. The molecule has 3 aromatic rings. The predicted molar refractivity (Wildman–Crippen MR) is 134 cm³/mol. The SMILES string of the molecule is NC(=O)c1cccc(Oc2ccccc2)c1C(Cc1ccc(N)cc1)C(=O)N1CCC2OCC(=O)C21. The monoisotopic (exact) mass is 485 g/mol. The van der Waals surface area contributed by atoms with Gasteiger partial charge in [-0.25, -0.2) is 0 Å². The van der Waals surface area contributed by atoms with E-state index in [4.69, 9.17) is 20.9 Å². The molecule has 2 aliphatic heterocycles. The number of Topliss-reactive ketones (excluding diaryl/α,β-unsaturated/α-hetero) is 1. The van der Waals surface area contributed by atoms with E-state index in [0.717, 1.165) is 5.56 Å². The molecule has 0 radical (unpaired) electrons. The van der Waals surface area contributed by atoms with Gasteiger partial charge in [0.1, 0.15) is 24.1 Å². The molecule has 3 atom stereocenters. The van der Waals surface area contributed by atoms with E-state index in [1.165, 1.54) is 0 Å². The molecule has 4 N–H and O–H groups in total. The van der Waals surface area contributed by atoms with Crippen LogP contribution >= 0.6 is 0 Å². The number of carbonyl (C=O) groups excluding carboxylic acids is 3. The van der Waals surface area contributed by atoms with Crippen LogP contribution in [0.3, 0.4) is 0 Å². The highest BCUT2D eigenvalue weighted by molar-refractivity contribution is 5.99. The van der Waals surface area contributed by atoms with Crippen LogP contribution < -0.4 is 16.2 Å². The van der Waals surface area contributed by atoms with Crippen LogP contribution in [0, 0.1) is 0 Å². The normalized spacial score (nSPS) is 19.7. The van der Waals surface area contributed by atoms with E-state index in [1.807, 2.05) is 30.3 Å². The summed E-state index contributed by atoms with van der Waals surface area (Å²) in [5.74, 6) is -0.970. The number of carbonyl (C=O) groups is 3. The van der Waals surface area contributed by atoms with Gasteiger partial charge in [0.05, 0.1) is 12.0 Å². The summed E-state index contributed by atoms with van der Waals surface area (Å²) in [5.41, 5.74) is 13.7. The van der Waals surface area contributed by atoms with Crippen molar-refractivity contribution in [2.45, 2.75) is 30.9 Å². The molecule has 2 saturated heterocycles. The number of benzene rings is 3. The molecule has 0 bridgehead atoms. The molecule has 184 valence electrons. The molecule has 0 aromatic heterocycles. The summed E-state index contributed by atoms with van der Waals surface area (Å²) in [6.07, 6.45) is 0.545. The first-order valence-corrected chi connectivity index (χ1v) is 11.9. The van der Waals surface area contributed by atoms with E-state index in [1.54, 1.807) is 47.4 Å². The van der Waals surface area contributed by atoms with Crippen molar-refractivity contribution in [1.82, 2.24) is 4.90 Å². The van der Waals surface area contributed by atoms with Gasteiger partial charge in [-0.15, -0.1) is 0 Å². The van der Waals surface area contributed by atoms with Gasteiger partial charge < -0.3 is 25.8 Å². The third kappa shape index (κ3) is 4.55. The Bertz CT molecular complexity index is 1290. The van der Waals surface area contributed by atoms with Gasteiger partial charge in [0.25, 0.3) is 0 Å². The summed E-state index contributed by atoms with van der Waals surface area (Å²) in [4.78, 5) is 40.9. The van der Waals surface area contributed by atoms with E-state index in [-0.39, 0.29) is 36.4 Å². The van der Waals surface area contributed by atoms with Crippen LogP contribution in [0.2, 0.25) is 0 Å². The van der Waals surface area contributed by atoms with Crippen LogP contribution in [-0.4, -0.2) is 47.8 Å². The number of hydrogen-bond donors (Lipinski definition) is 2. The Kier molecular flexibility index (Phi) is 6.43. The Labute approximate surface area is 208 Å². The van der Waals surface area contributed by atoms with Crippen molar-refractivity contribution in [2.75, 3.05) is 18.9 Å². The van der Waals surface area contributed by atoms with Gasteiger partial charge in [0, 0.05) is 23.4 Å². The maximum atomic E-state index is 14.2. The third-order valence-electron chi connectivity index (χ3n) is 6.76. The first-order chi connectivity index (χ1) is 17.4. The van der Waals surface area contributed by atoms with Crippen molar-refractivity contribution in [1.29, 1.82) is 0 Å². The number of hydrogen-bond acceptors (Lipinski definition) is 6. The molecule has 0 aliphatic carbocycles. The second kappa shape index (κ2) is 9.83. The first-order valence-electron chi connectivity index (χ1n) is 11.9. The van der Waals surface area contributed by atoms with Crippen LogP contribution in [0.1, 0.15) is 33.8 Å². The van der Waals surface area contributed by atoms with E-state index in [0.29, 0.717) is 35.7 Å². The predicted octanol–water partition coefficient (Wildman–Crippen LogP) is 3.06. The lowest BCUT2D eigenvalue weighted by Crippen LogP contribution is -2.44. The molecule has 8 nitrogen and oxygen atoms in total. The quantitative estimate of drug-likeness (QED) is 0.496. The lowest BCUT2D eigenvalue weighted by atomic mass is 9.86. The number of nitrogen functional groups attached to an aromatic ring is 1. The Hall–Kier alpha value is -4.17. The van der Waals surface area contributed by atoms with Crippen molar-refractivity contribution >= 4 is 23.3 Å². The van der Waals surface area contributed by atoms with Crippen LogP contribution in [0.15, 0.2) is 72.8 Å². The minimum absolute atomic E-state index is 0.00197. The zero-order valence-electron chi connectivity index (χ0n) is 19.6. The molecule has 3 unspecified atom stereocenters. The number of primary amides is 1. The maximum Gasteiger partial charge on any atom is 0.249 e. The van der Waals surface area contributed by atoms with Gasteiger partial charge in [-0.3, -0.25) is 14.4 Å². The summed E-state index contributed by atoms with van der Waals surface area (Å²) >= 11 is 0. The summed E-state index contributed by atoms with van der Waals surface area (Å²) in [5, 5.41) is 0. The summed E-state index contributed by atoms with van der Waals surface area (Å²) in [6.45, 7) is 0.397. The zero-order chi connectivity index (χ0) is 25.2. The number of likely N-dealkylation sites (tertiary alicyclic amines) is 1. The fraction of sp³-hybridized carbons (Fsp3) is 0.250. The summed E-state index contributed by atoms with van der Waals surface area (Å²) in [6, 6.07) is 20.7. The average molecular weight is 486 g/mol. The molecule has 3 aromatic carbocycles. The minimum Gasteiger partial charge on any atom is -0.457 e. The van der Waals surface area contributed by atoms with Crippen LogP contribution in [0.4, 0.5) is 5.69 Å². The van der Waals surface area contributed by atoms with Gasteiger partial charge in [-0.2, -0.15) is 0 Å². The number of anilines is 1. The molecule has 0 spiro atoms. The number of nitrogens with zero attached hydrogens (tertiary/aromatic N) is 1. The van der Waals surface area contributed by atoms with Crippen molar-refractivity contribution in [3.63, 3.8) is 0 Å². The number of para-hydroxylation sites is 1. The molecular weight excluding hydrogens is 458 g/mol. The van der Waals surface area contributed by atoms with Gasteiger partial charge in [-0.1, -0.05) is 36.4 Å². The van der Waals surface area contributed by atoms with Crippen LogP contribution in [0.5, 0.6) is 11.5 Å². The topological polar surface area (TPSA) is 125 Å². The molecule has 2 amide bonds. The van der Waals surface area contributed by atoms with Crippen LogP contribution in [0.25, 0.3) is 0 Å². The Morgan fingerprint density at radius 2 is 1.78 bits per heavy atom. The number of nitrogens with two attached hydrogens (primary N) is 2.